The van der Waals surface area contributed by atoms with E-state index in [0.717, 1.165) is 22.9 Å². The van der Waals surface area contributed by atoms with E-state index in [0.29, 0.717) is 12.8 Å². The molecule has 1 aromatic rings. The fourth-order valence-corrected chi connectivity index (χ4v) is 2.66. The quantitative estimate of drug-likeness (QED) is 0.830. The molecule has 1 saturated carbocycles. The average Bonchev–Trinajstić information content (AvgIpc) is 2.88. The van der Waals surface area contributed by atoms with Crippen LogP contribution in [0.3, 0.4) is 0 Å². The average molecular weight is 338 g/mol. The zero-order chi connectivity index (χ0) is 14.6. The normalized spacial score (nSPS) is 17.2. The standard InChI is InChI=1S/C15H16BrNO3/c16-12-6-3-11(4-7-12)5-8-13(18)17-15(14(19)20)9-1-2-10-15/h3-8H,1-2,9-10H2,(H,17,18)(H,19,20)/b8-5+. The minimum Gasteiger partial charge on any atom is -0.480 e. The highest BCUT2D eigenvalue weighted by Crippen LogP contribution is 2.29. The Kier molecular flexibility index (Phi) is 4.60. The van der Waals surface area contributed by atoms with Crippen LogP contribution in [0.4, 0.5) is 0 Å². The van der Waals surface area contributed by atoms with Crippen molar-refractivity contribution in [2.24, 2.45) is 0 Å². The lowest BCUT2D eigenvalue weighted by atomic mass is 9.98. The third-order valence-electron chi connectivity index (χ3n) is 3.53. The maximum atomic E-state index is 11.9. The number of nitrogens with one attached hydrogen (secondary N) is 1. The van der Waals surface area contributed by atoms with E-state index in [4.69, 9.17) is 0 Å². The van der Waals surface area contributed by atoms with Crippen LogP contribution in [-0.4, -0.2) is 22.5 Å². The minimum absolute atomic E-state index is 0.364. The van der Waals surface area contributed by atoms with E-state index < -0.39 is 11.5 Å². The first-order chi connectivity index (χ1) is 9.52. The van der Waals surface area contributed by atoms with E-state index in [1.165, 1.54) is 6.08 Å². The molecule has 0 saturated heterocycles. The maximum Gasteiger partial charge on any atom is 0.329 e. The van der Waals surface area contributed by atoms with Crippen LogP contribution in [0, 0.1) is 0 Å². The van der Waals surface area contributed by atoms with Gasteiger partial charge in [0.25, 0.3) is 0 Å². The first-order valence-electron chi connectivity index (χ1n) is 6.51. The van der Waals surface area contributed by atoms with Crippen LogP contribution in [0.1, 0.15) is 31.2 Å². The maximum absolute atomic E-state index is 11.9. The number of benzene rings is 1. The van der Waals surface area contributed by atoms with Gasteiger partial charge in [0.15, 0.2) is 0 Å². The molecule has 0 bridgehead atoms. The Morgan fingerprint density at radius 2 is 1.80 bits per heavy atom. The summed E-state index contributed by atoms with van der Waals surface area (Å²) in [6.45, 7) is 0. The summed E-state index contributed by atoms with van der Waals surface area (Å²) in [7, 11) is 0. The van der Waals surface area contributed by atoms with Crippen LogP contribution in [-0.2, 0) is 9.59 Å². The smallest absolute Gasteiger partial charge is 0.329 e. The summed E-state index contributed by atoms with van der Waals surface area (Å²) in [5.41, 5.74) is -0.194. The van der Waals surface area contributed by atoms with E-state index in [9.17, 15) is 14.7 Å². The van der Waals surface area contributed by atoms with Crippen molar-refractivity contribution < 1.29 is 14.7 Å². The van der Waals surface area contributed by atoms with Gasteiger partial charge in [0.05, 0.1) is 0 Å². The number of carbonyl (C=O) groups is 2. The number of hydrogen-bond acceptors (Lipinski definition) is 2. The van der Waals surface area contributed by atoms with Crippen molar-refractivity contribution in [3.63, 3.8) is 0 Å². The highest BCUT2D eigenvalue weighted by atomic mass is 79.9. The summed E-state index contributed by atoms with van der Waals surface area (Å²) in [6, 6.07) is 7.51. The molecule has 0 aliphatic heterocycles. The summed E-state index contributed by atoms with van der Waals surface area (Å²) < 4.78 is 0.967. The van der Waals surface area contributed by atoms with E-state index in [-0.39, 0.29) is 5.91 Å². The molecule has 4 nitrogen and oxygen atoms in total. The lowest BCUT2D eigenvalue weighted by Gasteiger charge is -2.24. The zero-order valence-corrected chi connectivity index (χ0v) is 12.5. The predicted octanol–water partition coefficient (Wildman–Crippen LogP) is 2.98. The highest BCUT2D eigenvalue weighted by Gasteiger charge is 2.42. The Hall–Kier alpha value is -1.62. The molecule has 1 aliphatic rings. The van der Waals surface area contributed by atoms with Gasteiger partial charge in [-0.2, -0.15) is 0 Å². The lowest BCUT2D eigenvalue weighted by Crippen LogP contribution is -2.52. The van der Waals surface area contributed by atoms with Crippen molar-refractivity contribution in [3.05, 3.63) is 40.4 Å². The first-order valence-corrected chi connectivity index (χ1v) is 7.30. The molecule has 2 rings (SSSR count). The molecule has 1 aromatic carbocycles. The number of carboxylic acids is 1. The summed E-state index contributed by atoms with van der Waals surface area (Å²) in [5.74, 6) is -1.31. The number of amides is 1. The monoisotopic (exact) mass is 337 g/mol. The number of rotatable bonds is 4. The second-order valence-electron chi connectivity index (χ2n) is 4.97. The molecule has 1 amide bonds. The Labute approximate surface area is 126 Å². The van der Waals surface area contributed by atoms with Crippen molar-refractivity contribution in [1.29, 1.82) is 0 Å². The third kappa shape index (κ3) is 3.48. The molecule has 1 aliphatic carbocycles. The number of halogens is 1. The minimum atomic E-state index is -1.08. The Morgan fingerprint density at radius 1 is 1.20 bits per heavy atom. The summed E-state index contributed by atoms with van der Waals surface area (Å²) in [5, 5.41) is 11.9. The summed E-state index contributed by atoms with van der Waals surface area (Å²) in [6.07, 6.45) is 5.73. The lowest BCUT2D eigenvalue weighted by molar-refractivity contribution is -0.146. The van der Waals surface area contributed by atoms with Crippen LogP contribution in [0.15, 0.2) is 34.8 Å². The van der Waals surface area contributed by atoms with Crippen LogP contribution in [0.5, 0.6) is 0 Å². The van der Waals surface area contributed by atoms with Gasteiger partial charge in [0, 0.05) is 10.5 Å². The van der Waals surface area contributed by atoms with E-state index in [2.05, 4.69) is 21.2 Å². The number of carbonyl (C=O) groups excluding carboxylic acids is 1. The van der Waals surface area contributed by atoms with Crippen molar-refractivity contribution in [3.8, 4) is 0 Å². The molecule has 0 unspecified atom stereocenters. The summed E-state index contributed by atoms with van der Waals surface area (Å²) in [4.78, 5) is 23.2. The molecule has 0 radical (unpaired) electrons. The SMILES string of the molecule is O=C(/C=C/c1ccc(Br)cc1)NC1(C(=O)O)CCCC1. The number of hydrogen-bond donors (Lipinski definition) is 2. The largest absolute Gasteiger partial charge is 0.480 e. The molecule has 2 N–H and O–H groups in total. The van der Waals surface area contributed by atoms with Gasteiger partial charge in [-0.3, -0.25) is 4.79 Å². The molecule has 0 heterocycles. The molecule has 0 atom stereocenters. The second-order valence-corrected chi connectivity index (χ2v) is 5.88. The van der Waals surface area contributed by atoms with Gasteiger partial charge >= 0.3 is 5.97 Å². The molecule has 0 aromatic heterocycles. The molecule has 20 heavy (non-hydrogen) atoms. The Morgan fingerprint density at radius 3 is 2.35 bits per heavy atom. The van der Waals surface area contributed by atoms with Gasteiger partial charge in [-0.25, -0.2) is 4.79 Å². The molecule has 5 heteroatoms. The van der Waals surface area contributed by atoms with Gasteiger partial charge in [-0.1, -0.05) is 40.9 Å². The predicted molar refractivity (Wildman–Crippen MR) is 80.2 cm³/mol. The molecule has 1 fully saturated rings. The zero-order valence-electron chi connectivity index (χ0n) is 10.9. The van der Waals surface area contributed by atoms with Crippen LogP contribution < -0.4 is 5.32 Å². The number of aliphatic carboxylic acids is 1. The van der Waals surface area contributed by atoms with Gasteiger partial charge in [-0.05, 0) is 36.6 Å². The Balaban J connectivity index is 2.01. The van der Waals surface area contributed by atoms with E-state index in [1.807, 2.05) is 24.3 Å². The fraction of sp³-hybridized carbons (Fsp3) is 0.333. The molecular formula is C15H16BrNO3. The second kappa shape index (κ2) is 6.22. The first kappa shape index (κ1) is 14.8. The summed E-state index contributed by atoms with van der Waals surface area (Å²) >= 11 is 3.34. The fourth-order valence-electron chi connectivity index (χ4n) is 2.39. The molecule has 106 valence electrons. The highest BCUT2D eigenvalue weighted by molar-refractivity contribution is 9.10. The number of carboxylic acid groups (broad SMARTS) is 1. The van der Waals surface area contributed by atoms with Gasteiger partial charge in [0.1, 0.15) is 5.54 Å². The van der Waals surface area contributed by atoms with E-state index >= 15 is 0 Å². The topological polar surface area (TPSA) is 66.4 Å². The van der Waals surface area contributed by atoms with Crippen LogP contribution >= 0.6 is 15.9 Å². The molecule has 0 spiro atoms. The van der Waals surface area contributed by atoms with Gasteiger partial charge in [-0.15, -0.1) is 0 Å². The van der Waals surface area contributed by atoms with Gasteiger partial charge < -0.3 is 10.4 Å². The van der Waals surface area contributed by atoms with Crippen LogP contribution in [0.2, 0.25) is 0 Å². The van der Waals surface area contributed by atoms with Crippen molar-refractivity contribution in [2.45, 2.75) is 31.2 Å². The van der Waals surface area contributed by atoms with Crippen molar-refractivity contribution >= 4 is 33.9 Å². The van der Waals surface area contributed by atoms with Crippen LogP contribution in [0.25, 0.3) is 6.08 Å². The third-order valence-corrected chi connectivity index (χ3v) is 4.05. The molecular weight excluding hydrogens is 322 g/mol. The van der Waals surface area contributed by atoms with Gasteiger partial charge in [0.2, 0.25) is 5.91 Å². The van der Waals surface area contributed by atoms with Crippen molar-refractivity contribution in [1.82, 2.24) is 5.32 Å². The Bertz CT molecular complexity index is 531. The van der Waals surface area contributed by atoms with Crippen molar-refractivity contribution in [2.75, 3.05) is 0 Å². The van der Waals surface area contributed by atoms with E-state index in [1.54, 1.807) is 6.08 Å².